The van der Waals surface area contributed by atoms with Crippen molar-refractivity contribution in [1.29, 1.82) is 0 Å². The summed E-state index contributed by atoms with van der Waals surface area (Å²) in [6.45, 7) is 1.87. The molecule has 1 aromatic rings. The predicted octanol–water partition coefficient (Wildman–Crippen LogP) is 1.04. The molecule has 0 heterocycles. The van der Waals surface area contributed by atoms with Gasteiger partial charge < -0.3 is 15.7 Å². The Labute approximate surface area is 101 Å². The lowest BCUT2D eigenvalue weighted by Gasteiger charge is -2.16. The summed E-state index contributed by atoms with van der Waals surface area (Å²) >= 11 is 0. The Bertz CT molecular complexity index is 406. The van der Waals surface area contributed by atoms with Gasteiger partial charge in [0.15, 0.2) is 0 Å². The summed E-state index contributed by atoms with van der Waals surface area (Å²) in [6, 6.07) is 8.58. The first-order valence-electron chi connectivity index (χ1n) is 5.37. The summed E-state index contributed by atoms with van der Waals surface area (Å²) in [7, 11) is 0. The molecule has 1 aromatic carbocycles. The Morgan fingerprint density at radius 3 is 2.71 bits per heavy atom. The van der Waals surface area contributed by atoms with Gasteiger partial charge in [0, 0.05) is 0 Å². The third-order valence-electron chi connectivity index (χ3n) is 2.20. The first-order chi connectivity index (χ1) is 8.27. The van der Waals surface area contributed by atoms with Gasteiger partial charge in [-0.05, 0) is 12.5 Å². The molecule has 0 radical (unpaired) electrons. The van der Waals surface area contributed by atoms with Crippen molar-refractivity contribution in [1.82, 2.24) is 10.6 Å². The molecule has 1 unspecified atom stereocenters. The standard InChI is InChI=1S/C13H16N2O2/c1-2-3-9-14-13(17)15-12(10-16)11-7-5-4-6-8-11/h4-8,12,16H,9-10H2,1H3,(H2,14,15,17). The van der Waals surface area contributed by atoms with Crippen LogP contribution >= 0.6 is 0 Å². The van der Waals surface area contributed by atoms with E-state index in [2.05, 4.69) is 22.5 Å². The van der Waals surface area contributed by atoms with E-state index in [1.165, 1.54) is 0 Å². The number of aliphatic hydroxyl groups is 1. The van der Waals surface area contributed by atoms with Crippen molar-refractivity contribution in [3.05, 3.63) is 35.9 Å². The van der Waals surface area contributed by atoms with Gasteiger partial charge in [0.1, 0.15) is 0 Å². The highest BCUT2D eigenvalue weighted by Gasteiger charge is 2.12. The van der Waals surface area contributed by atoms with Crippen molar-refractivity contribution in [2.45, 2.75) is 13.0 Å². The molecule has 0 aromatic heterocycles. The van der Waals surface area contributed by atoms with E-state index >= 15 is 0 Å². The number of urea groups is 1. The van der Waals surface area contributed by atoms with E-state index in [4.69, 9.17) is 0 Å². The fraction of sp³-hybridized carbons (Fsp3) is 0.308. The molecule has 4 nitrogen and oxygen atoms in total. The second-order valence-electron chi connectivity index (χ2n) is 3.40. The molecule has 90 valence electrons. The van der Waals surface area contributed by atoms with E-state index in [1.54, 1.807) is 6.92 Å². The van der Waals surface area contributed by atoms with Crippen LogP contribution in [0.5, 0.6) is 0 Å². The number of benzene rings is 1. The van der Waals surface area contributed by atoms with Crippen molar-refractivity contribution in [2.75, 3.05) is 13.2 Å². The minimum atomic E-state index is -0.397. The molecule has 0 aliphatic heterocycles. The van der Waals surface area contributed by atoms with Gasteiger partial charge in [-0.3, -0.25) is 0 Å². The first-order valence-corrected chi connectivity index (χ1v) is 5.37. The zero-order valence-electron chi connectivity index (χ0n) is 9.73. The number of hydrogen-bond acceptors (Lipinski definition) is 2. The maximum Gasteiger partial charge on any atom is 0.316 e. The SMILES string of the molecule is CC#CCNC(=O)NC(CO)c1ccccc1. The van der Waals surface area contributed by atoms with Gasteiger partial charge >= 0.3 is 6.03 Å². The van der Waals surface area contributed by atoms with Crippen molar-refractivity contribution >= 4 is 6.03 Å². The Balaban J connectivity index is 2.52. The Morgan fingerprint density at radius 1 is 1.41 bits per heavy atom. The van der Waals surface area contributed by atoms with Crippen LogP contribution in [-0.2, 0) is 0 Å². The molecule has 4 heteroatoms. The van der Waals surface area contributed by atoms with Gasteiger partial charge in [-0.25, -0.2) is 4.79 Å². The lowest BCUT2D eigenvalue weighted by Crippen LogP contribution is -2.39. The van der Waals surface area contributed by atoms with Crippen molar-refractivity contribution in [2.24, 2.45) is 0 Å². The van der Waals surface area contributed by atoms with E-state index in [1.807, 2.05) is 30.3 Å². The van der Waals surface area contributed by atoms with Gasteiger partial charge in [-0.15, -0.1) is 5.92 Å². The van der Waals surface area contributed by atoms with Gasteiger partial charge in [-0.1, -0.05) is 36.3 Å². The molecule has 1 rings (SSSR count). The van der Waals surface area contributed by atoms with Crippen LogP contribution in [0.25, 0.3) is 0 Å². The summed E-state index contributed by atoms with van der Waals surface area (Å²) < 4.78 is 0. The lowest BCUT2D eigenvalue weighted by atomic mass is 10.1. The fourth-order valence-electron chi connectivity index (χ4n) is 1.34. The summed E-state index contributed by atoms with van der Waals surface area (Å²) in [5.41, 5.74) is 0.867. The summed E-state index contributed by atoms with van der Waals surface area (Å²) in [5, 5.41) is 14.5. The highest BCUT2D eigenvalue weighted by atomic mass is 16.3. The summed E-state index contributed by atoms with van der Waals surface area (Å²) in [4.78, 5) is 11.5. The Kier molecular flexibility index (Phi) is 5.62. The monoisotopic (exact) mass is 232 g/mol. The largest absolute Gasteiger partial charge is 0.394 e. The molecule has 0 spiro atoms. The average Bonchev–Trinajstić information content (AvgIpc) is 2.37. The molecule has 17 heavy (non-hydrogen) atoms. The number of carbonyl (C=O) groups excluding carboxylic acids is 1. The molecule has 0 aliphatic carbocycles. The van der Waals surface area contributed by atoms with E-state index in [0.29, 0.717) is 6.54 Å². The summed E-state index contributed by atoms with van der Waals surface area (Å²) in [5.74, 6) is 5.41. The molecule has 1 atom stereocenters. The van der Waals surface area contributed by atoms with Crippen LogP contribution in [0, 0.1) is 11.8 Å². The van der Waals surface area contributed by atoms with E-state index in [0.717, 1.165) is 5.56 Å². The molecular weight excluding hydrogens is 216 g/mol. The van der Waals surface area contributed by atoms with Gasteiger partial charge in [-0.2, -0.15) is 0 Å². The normalized spacial score (nSPS) is 10.9. The molecule has 0 saturated carbocycles. The minimum Gasteiger partial charge on any atom is -0.394 e. The number of aliphatic hydroxyl groups excluding tert-OH is 1. The van der Waals surface area contributed by atoms with E-state index in [9.17, 15) is 9.90 Å². The second-order valence-corrected chi connectivity index (χ2v) is 3.40. The number of rotatable bonds is 4. The number of hydrogen-bond donors (Lipinski definition) is 3. The summed E-state index contributed by atoms with van der Waals surface area (Å²) in [6.07, 6.45) is 0. The molecule has 0 bridgehead atoms. The van der Waals surface area contributed by atoms with Gasteiger partial charge in [0.2, 0.25) is 0 Å². The smallest absolute Gasteiger partial charge is 0.316 e. The molecule has 2 amide bonds. The van der Waals surface area contributed by atoms with E-state index in [-0.39, 0.29) is 12.6 Å². The molecule has 0 fully saturated rings. The first kappa shape index (κ1) is 13.1. The van der Waals surface area contributed by atoms with Crippen molar-refractivity contribution in [3.63, 3.8) is 0 Å². The molecule has 3 N–H and O–H groups in total. The molecule has 0 aliphatic rings. The third-order valence-corrected chi connectivity index (χ3v) is 2.20. The lowest BCUT2D eigenvalue weighted by molar-refractivity contribution is 0.218. The highest BCUT2D eigenvalue weighted by Crippen LogP contribution is 2.10. The van der Waals surface area contributed by atoms with Crippen molar-refractivity contribution < 1.29 is 9.90 Å². The van der Waals surface area contributed by atoms with E-state index < -0.39 is 6.04 Å². The highest BCUT2D eigenvalue weighted by molar-refractivity contribution is 5.74. The van der Waals surface area contributed by atoms with Crippen LogP contribution in [0.2, 0.25) is 0 Å². The van der Waals surface area contributed by atoms with Crippen LogP contribution in [0.4, 0.5) is 4.79 Å². The Hall–Kier alpha value is -1.99. The minimum absolute atomic E-state index is 0.142. The van der Waals surface area contributed by atoms with Crippen LogP contribution in [-0.4, -0.2) is 24.3 Å². The van der Waals surface area contributed by atoms with Crippen LogP contribution in [0.15, 0.2) is 30.3 Å². The third kappa shape index (κ3) is 4.58. The maximum atomic E-state index is 11.5. The fourth-order valence-corrected chi connectivity index (χ4v) is 1.34. The molecular formula is C13H16N2O2. The number of carbonyl (C=O) groups is 1. The predicted molar refractivity (Wildman–Crippen MR) is 66.3 cm³/mol. The topological polar surface area (TPSA) is 61.4 Å². The van der Waals surface area contributed by atoms with Crippen LogP contribution in [0.3, 0.4) is 0 Å². The Morgan fingerprint density at radius 2 is 2.12 bits per heavy atom. The van der Waals surface area contributed by atoms with Crippen LogP contribution < -0.4 is 10.6 Å². The van der Waals surface area contributed by atoms with Gasteiger partial charge in [0.05, 0.1) is 19.2 Å². The number of nitrogens with one attached hydrogen (secondary N) is 2. The van der Waals surface area contributed by atoms with Crippen molar-refractivity contribution in [3.8, 4) is 11.8 Å². The van der Waals surface area contributed by atoms with Crippen LogP contribution in [0.1, 0.15) is 18.5 Å². The van der Waals surface area contributed by atoms with Gasteiger partial charge in [0.25, 0.3) is 0 Å². The maximum absolute atomic E-state index is 11.5. The number of amides is 2. The quantitative estimate of drug-likeness (QED) is 0.679. The zero-order valence-corrected chi connectivity index (χ0v) is 9.73. The second kappa shape index (κ2) is 7.31. The average molecular weight is 232 g/mol. The molecule has 0 saturated heterocycles. The zero-order chi connectivity index (χ0) is 12.5.